The molecule has 3 aromatic rings. The third kappa shape index (κ3) is 2.13. The average Bonchev–Trinajstić information content (AvgIpc) is 3.08. The Kier molecular flexibility index (Phi) is 3.23. The molecule has 1 aliphatic heterocycles. The van der Waals surface area contributed by atoms with Crippen LogP contribution in [-0.4, -0.2) is 31.8 Å². The first-order chi connectivity index (χ1) is 11.5. The molecular weight excluding hydrogens is 302 g/mol. The molecule has 3 heterocycles. The molecule has 124 valence electrons. The predicted octanol–water partition coefficient (Wildman–Crippen LogP) is 2.43. The molecule has 0 saturated carbocycles. The number of aromatic nitrogens is 4. The number of H-pyrrole nitrogens is 1. The summed E-state index contributed by atoms with van der Waals surface area (Å²) in [6, 6.07) is 10.6. The van der Waals surface area contributed by atoms with Crippen LogP contribution in [0.5, 0.6) is 0 Å². The van der Waals surface area contributed by atoms with Crippen molar-refractivity contribution in [2.75, 3.05) is 11.4 Å². The van der Waals surface area contributed by atoms with Crippen LogP contribution in [0.25, 0.3) is 11.0 Å². The highest BCUT2D eigenvalue weighted by Crippen LogP contribution is 2.42. The monoisotopic (exact) mass is 323 g/mol. The van der Waals surface area contributed by atoms with E-state index in [0.717, 1.165) is 13.0 Å². The largest absolute Gasteiger partial charge is 0.337 e. The summed E-state index contributed by atoms with van der Waals surface area (Å²) < 4.78 is 1.64. The lowest BCUT2D eigenvalue weighted by Gasteiger charge is -2.36. The van der Waals surface area contributed by atoms with Crippen LogP contribution in [0.4, 0.5) is 5.95 Å². The Labute approximate surface area is 140 Å². The second-order valence-electron chi connectivity index (χ2n) is 6.95. The Morgan fingerprint density at radius 2 is 2.00 bits per heavy atom. The highest BCUT2D eigenvalue weighted by molar-refractivity contribution is 5.74. The normalized spacial score (nSPS) is 20.0. The number of nitrogens with one attached hydrogen (secondary N) is 1. The lowest BCUT2D eigenvalue weighted by atomic mass is 9.83. The highest BCUT2D eigenvalue weighted by Gasteiger charge is 2.43. The number of rotatable bonds is 2. The average molecular weight is 323 g/mol. The molecule has 1 atom stereocenters. The third-order valence-corrected chi connectivity index (χ3v) is 5.24. The van der Waals surface area contributed by atoms with E-state index in [-0.39, 0.29) is 11.1 Å². The van der Waals surface area contributed by atoms with E-state index in [1.165, 1.54) is 5.56 Å². The van der Waals surface area contributed by atoms with E-state index in [0.29, 0.717) is 22.9 Å². The lowest BCUT2D eigenvalue weighted by Crippen LogP contribution is -2.43. The van der Waals surface area contributed by atoms with Crippen molar-refractivity contribution in [1.29, 1.82) is 0 Å². The van der Waals surface area contributed by atoms with Gasteiger partial charge in [0.25, 0.3) is 5.56 Å². The molecule has 24 heavy (non-hydrogen) atoms. The van der Waals surface area contributed by atoms with Gasteiger partial charge in [0.2, 0.25) is 5.95 Å². The van der Waals surface area contributed by atoms with Crippen molar-refractivity contribution in [3.8, 4) is 0 Å². The molecule has 1 aromatic carbocycles. The third-order valence-electron chi connectivity index (χ3n) is 5.24. The molecule has 1 unspecified atom stereocenters. The molecule has 6 nitrogen and oxygen atoms in total. The van der Waals surface area contributed by atoms with Crippen LogP contribution in [0.3, 0.4) is 0 Å². The fraction of sp³-hybridized carbons (Fsp3) is 0.389. The first-order valence-corrected chi connectivity index (χ1v) is 8.23. The number of anilines is 1. The molecule has 2 aromatic heterocycles. The van der Waals surface area contributed by atoms with Gasteiger partial charge in [0.05, 0.1) is 6.20 Å². The summed E-state index contributed by atoms with van der Waals surface area (Å²) in [4.78, 5) is 22.2. The van der Waals surface area contributed by atoms with Crippen molar-refractivity contribution in [3.63, 3.8) is 0 Å². The summed E-state index contributed by atoms with van der Waals surface area (Å²) in [5.41, 5.74) is 1.67. The van der Waals surface area contributed by atoms with Crippen molar-refractivity contribution in [2.45, 2.75) is 31.7 Å². The Hall–Kier alpha value is -2.63. The molecule has 1 fully saturated rings. The van der Waals surface area contributed by atoms with E-state index in [2.05, 4.69) is 58.1 Å². The highest BCUT2D eigenvalue weighted by atomic mass is 16.1. The molecular formula is C18H21N5O. The SMILES string of the molecule is Cn1ncc2c(=O)[nH]c(N3CCC(c4ccccc4)C3(C)C)nc21. The molecule has 0 amide bonds. The molecule has 1 saturated heterocycles. The Morgan fingerprint density at radius 3 is 2.75 bits per heavy atom. The first kappa shape index (κ1) is 14.9. The minimum atomic E-state index is -0.137. The van der Waals surface area contributed by atoms with Crippen LogP contribution in [0, 0.1) is 0 Å². The van der Waals surface area contributed by atoms with E-state index in [9.17, 15) is 4.79 Å². The minimum absolute atomic E-state index is 0.135. The molecule has 0 radical (unpaired) electrons. The zero-order chi connectivity index (χ0) is 16.9. The van der Waals surface area contributed by atoms with Gasteiger partial charge >= 0.3 is 0 Å². The van der Waals surface area contributed by atoms with Gasteiger partial charge in [-0.2, -0.15) is 10.1 Å². The van der Waals surface area contributed by atoms with Gasteiger partial charge in [-0.1, -0.05) is 30.3 Å². The van der Waals surface area contributed by atoms with Crippen molar-refractivity contribution >= 4 is 17.0 Å². The second-order valence-corrected chi connectivity index (χ2v) is 6.95. The summed E-state index contributed by atoms with van der Waals surface area (Å²) in [7, 11) is 1.81. The molecule has 6 heteroatoms. The van der Waals surface area contributed by atoms with Crippen LogP contribution in [0.1, 0.15) is 31.7 Å². The van der Waals surface area contributed by atoms with Gasteiger partial charge in [-0.25, -0.2) is 0 Å². The van der Waals surface area contributed by atoms with Gasteiger partial charge in [0, 0.05) is 25.0 Å². The Balaban J connectivity index is 1.78. The van der Waals surface area contributed by atoms with Crippen LogP contribution in [0.2, 0.25) is 0 Å². The predicted molar refractivity (Wildman–Crippen MR) is 94.4 cm³/mol. The summed E-state index contributed by atoms with van der Waals surface area (Å²) in [5.74, 6) is 1.02. The van der Waals surface area contributed by atoms with E-state index in [1.54, 1.807) is 17.9 Å². The smallest absolute Gasteiger partial charge is 0.263 e. The number of aryl methyl sites for hydroxylation is 1. The van der Waals surface area contributed by atoms with Gasteiger partial charge in [-0.05, 0) is 25.8 Å². The van der Waals surface area contributed by atoms with Crippen LogP contribution in [0.15, 0.2) is 41.3 Å². The number of benzene rings is 1. The van der Waals surface area contributed by atoms with Gasteiger partial charge in [-0.15, -0.1) is 0 Å². The number of nitrogens with zero attached hydrogens (tertiary/aromatic N) is 4. The summed E-state index contributed by atoms with van der Waals surface area (Å²) in [5, 5.41) is 4.66. The van der Waals surface area contributed by atoms with Crippen molar-refractivity contribution in [3.05, 3.63) is 52.4 Å². The number of hydrogen-bond donors (Lipinski definition) is 1. The van der Waals surface area contributed by atoms with Crippen molar-refractivity contribution in [2.24, 2.45) is 7.05 Å². The van der Waals surface area contributed by atoms with Gasteiger partial charge in [0.15, 0.2) is 5.65 Å². The summed E-state index contributed by atoms with van der Waals surface area (Å²) >= 11 is 0. The maximum absolute atomic E-state index is 12.4. The number of hydrogen-bond acceptors (Lipinski definition) is 4. The Bertz CT molecular complexity index is 941. The molecule has 1 N–H and O–H groups in total. The van der Waals surface area contributed by atoms with Gasteiger partial charge < -0.3 is 4.90 Å². The second kappa shape index (κ2) is 5.19. The standard InChI is InChI=1S/C18H21N5O/c1-18(2)14(12-7-5-4-6-8-12)9-10-23(18)17-20-15-13(16(24)21-17)11-19-22(15)3/h4-8,11,14H,9-10H2,1-3H3,(H,20,21,24). The molecule has 0 aliphatic carbocycles. The van der Waals surface area contributed by atoms with Crippen LogP contribution >= 0.6 is 0 Å². The van der Waals surface area contributed by atoms with Crippen LogP contribution < -0.4 is 10.5 Å². The first-order valence-electron chi connectivity index (χ1n) is 8.23. The van der Waals surface area contributed by atoms with Gasteiger partial charge in [-0.3, -0.25) is 14.5 Å². The fourth-order valence-electron chi connectivity index (χ4n) is 3.88. The van der Waals surface area contributed by atoms with Crippen molar-refractivity contribution in [1.82, 2.24) is 19.7 Å². The number of fused-ring (bicyclic) bond motifs is 1. The molecule has 0 spiro atoms. The van der Waals surface area contributed by atoms with Gasteiger partial charge in [0.1, 0.15) is 5.39 Å². The maximum Gasteiger partial charge on any atom is 0.263 e. The van der Waals surface area contributed by atoms with Crippen LogP contribution in [-0.2, 0) is 7.05 Å². The molecule has 0 bridgehead atoms. The van der Waals surface area contributed by atoms with E-state index < -0.39 is 0 Å². The van der Waals surface area contributed by atoms with E-state index in [4.69, 9.17) is 0 Å². The van der Waals surface area contributed by atoms with Crippen molar-refractivity contribution < 1.29 is 0 Å². The molecule has 4 rings (SSSR count). The summed E-state index contributed by atoms with van der Waals surface area (Å²) in [6.45, 7) is 5.29. The fourth-order valence-corrected chi connectivity index (χ4v) is 3.88. The lowest BCUT2D eigenvalue weighted by molar-refractivity contribution is 0.451. The quantitative estimate of drug-likeness (QED) is 0.786. The minimum Gasteiger partial charge on any atom is -0.337 e. The maximum atomic E-state index is 12.4. The summed E-state index contributed by atoms with van der Waals surface area (Å²) in [6.07, 6.45) is 2.59. The number of aromatic amines is 1. The Morgan fingerprint density at radius 1 is 1.25 bits per heavy atom. The topological polar surface area (TPSA) is 66.8 Å². The zero-order valence-corrected chi connectivity index (χ0v) is 14.2. The molecule has 1 aliphatic rings. The van der Waals surface area contributed by atoms with E-state index >= 15 is 0 Å². The van der Waals surface area contributed by atoms with E-state index in [1.807, 2.05) is 6.07 Å². The zero-order valence-electron chi connectivity index (χ0n) is 14.2.